The van der Waals surface area contributed by atoms with Crippen molar-refractivity contribution in [1.82, 2.24) is 9.97 Å². The fourth-order valence-corrected chi connectivity index (χ4v) is 1.73. The lowest BCUT2D eigenvalue weighted by Crippen LogP contribution is -2.11. The molecule has 0 unspecified atom stereocenters. The van der Waals surface area contributed by atoms with Crippen molar-refractivity contribution in [3.05, 3.63) is 6.07 Å². The Morgan fingerprint density at radius 3 is 2.70 bits per heavy atom. The van der Waals surface area contributed by atoms with Gasteiger partial charge in [-0.15, -0.1) is 0 Å². The van der Waals surface area contributed by atoms with E-state index < -0.39 is 0 Å². The highest BCUT2D eigenvalue weighted by molar-refractivity contribution is 7.98. The van der Waals surface area contributed by atoms with Crippen LogP contribution >= 0.6 is 11.8 Å². The number of nitrogens with one attached hydrogen (secondary N) is 1. The molecule has 0 aliphatic rings. The zero-order valence-corrected chi connectivity index (χ0v) is 13.2. The molecular formula is C13H23N3O3S. The fraction of sp³-hybridized carbons (Fsp3) is 0.692. The Morgan fingerprint density at radius 1 is 1.20 bits per heavy atom. The van der Waals surface area contributed by atoms with E-state index in [0.717, 1.165) is 18.8 Å². The molecule has 1 aromatic heterocycles. The van der Waals surface area contributed by atoms with E-state index in [0.29, 0.717) is 37.5 Å². The first kappa shape index (κ1) is 17.0. The quantitative estimate of drug-likeness (QED) is 0.381. The lowest BCUT2D eigenvalue weighted by Gasteiger charge is -2.10. The van der Waals surface area contributed by atoms with Crippen molar-refractivity contribution in [2.45, 2.75) is 18.5 Å². The summed E-state index contributed by atoms with van der Waals surface area (Å²) in [7, 11) is 1.65. The Bertz CT molecular complexity index is 380. The average Bonchev–Trinajstić information content (AvgIpc) is 2.48. The van der Waals surface area contributed by atoms with Crippen molar-refractivity contribution in [3.63, 3.8) is 0 Å². The molecule has 0 bridgehead atoms. The molecular weight excluding hydrogens is 278 g/mol. The van der Waals surface area contributed by atoms with Gasteiger partial charge in [0.2, 0.25) is 5.88 Å². The fourth-order valence-electron chi connectivity index (χ4n) is 1.36. The van der Waals surface area contributed by atoms with Crippen LogP contribution in [0.5, 0.6) is 5.88 Å². The average molecular weight is 301 g/mol. The minimum absolute atomic E-state index is 0.460. The molecule has 0 aliphatic heterocycles. The zero-order valence-electron chi connectivity index (χ0n) is 12.3. The van der Waals surface area contributed by atoms with Crippen molar-refractivity contribution in [2.75, 3.05) is 51.7 Å². The van der Waals surface area contributed by atoms with E-state index in [1.165, 1.54) is 11.8 Å². The van der Waals surface area contributed by atoms with Crippen LogP contribution in [0.3, 0.4) is 0 Å². The Labute approximate surface area is 124 Å². The maximum atomic E-state index is 5.58. The first-order valence-corrected chi connectivity index (χ1v) is 7.89. The molecule has 114 valence electrons. The number of ether oxygens (including phenoxy) is 3. The summed E-state index contributed by atoms with van der Waals surface area (Å²) in [6.45, 7) is 5.13. The Morgan fingerprint density at radius 2 is 2.00 bits per heavy atom. The predicted molar refractivity (Wildman–Crippen MR) is 80.8 cm³/mol. The standard InChI is InChI=1S/C13H23N3O3S/c1-4-5-14-11-10-12(16-13(15-11)20-3)19-9-8-18-7-6-17-2/h10H,4-9H2,1-3H3,(H,14,15,16). The number of nitrogens with zero attached hydrogens (tertiary/aromatic N) is 2. The van der Waals surface area contributed by atoms with Crippen molar-refractivity contribution < 1.29 is 14.2 Å². The van der Waals surface area contributed by atoms with Crippen LogP contribution in [0.1, 0.15) is 13.3 Å². The summed E-state index contributed by atoms with van der Waals surface area (Å²) in [6.07, 6.45) is 2.98. The lowest BCUT2D eigenvalue weighted by atomic mass is 10.4. The van der Waals surface area contributed by atoms with Crippen LogP contribution < -0.4 is 10.1 Å². The third-order valence-corrected chi connectivity index (χ3v) is 2.88. The number of rotatable bonds is 11. The Balaban J connectivity index is 2.42. The number of thioether (sulfide) groups is 1. The molecule has 0 aromatic carbocycles. The van der Waals surface area contributed by atoms with E-state index in [9.17, 15) is 0 Å². The molecule has 7 heteroatoms. The van der Waals surface area contributed by atoms with Crippen molar-refractivity contribution in [2.24, 2.45) is 0 Å². The largest absolute Gasteiger partial charge is 0.475 e. The van der Waals surface area contributed by atoms with Crippen molar-refractivity contribution in [3.8, 4) is 5.88 Å². The SMILES string of the molecule is CCCNc1cc(OCCOCCOC)nc(SC)n1. The summed E-state index contributed by atoms with van der Waals surface area (Å²) in [5.41, 5.74) is 0. The molecule has 0 fully saturated rings. The van der Waals surface area contributed by atoms with Crippen LogP contribution in [0, 0.1) is 0 Å². The zero-order chi connectivity index (χ0) is 14.6. The minimum atomic E-state index is 0.460. The molecule has 0 saturated carbocycles. The lowest BCUT2D eigenvalue weighted by molar-refractivity contribution is 0.0535. The van der Waals surface area contributed by atoms with Crippen LogP contribution in [0.15, 0.2) is 11.2 Å². The first-order valence-electron chi connectivity index (χ1n) is 6.66. The van der Waals surface area contributed by atoms with Gasteiger partial charge in [0, 0.05) is 19.7 Å². The van der Waals surface area contributed by atoms with Gasteiger partial charge in [0.25, 0.3) is 0 Å². The number of aromatic nitrogens is 2. The van der Waals surface area contributed by atoms with Crippen LogP contribution in [-0.4, -0.2) is 56.3 Å². The summed E-state index contributed by atoms with van der Waals surface area (Å²) in [6, 6.07) is 1.81. The summed E-state index contributed by atoms with van der Waals surface area (Å²) in [4.78, 5) is 8.67. The van der Waals surface area contributed by atoms with Gasteiger partial charge in [-0.1, -0.05) is 18.7 Å². The molecule has 1 heterocycles. The molecule has 1 rings (SSSR count). The van der Waals surface area contributed by atoms with Gasteiger partial charge in [-0.3, -0.25) is 0 Å². The van der Waals surface area contributed by atoms with Crippen molar-refractivity contribution >= 4 is 17.6 Å². The highest BCUT2D eigenvalue weighted by atomic mass is 32.2. The maximum Gasteiger partial charge on any atom is 0.219 e. The normalized spacial score (nSPS) is 10.6. The van der Waals surface area contributed by atoms with E-state index in [2.05, 4.69) is 22.2 Å². The number of methoxy groups -OCH3 is 1. The van der Waals surface area contributed by atoms with E-state index in [4.69, 9.17) is 14.2 Å². The summed E-state index contributed by atoms with van der Waals surface area (Å²) < 4.78 is 15.8. The number of anilines is 1. The third-order valence-electron chi connectivity index (χ3n) is 2.33. The number of hydrogen-bond donors (Lipinski definition) is 1. The van der Waals surface area contributed by atoms with E-state index in [1.807, 2.05) is 12.3 Å². The van der Waals surface area contributed by atoms with Crippen LogP contribution in [0.25, 0.3) is 0 Å². The first-order chi connectivity index (χ1) is 9.80. The van der Waals surface area contributed by atoms with Gasteiger partial charge in [0.1, 0.15) is 12.4 Å². The second kappa shape index (κ2) is 10.7. The molecule has 0 aliphatic carbocycles. The number of hydrogen-bond acceptors (Lipinski definition) is 7. The summed E-state index contributed by atoms with van der Waals surface area (Å²) >= 11 is 1.49. The molecule has 0 radical (unpaired) electrons. The Hall–Kier alpha value is -1.05. The monoisotopic (exact) mass is 301 g/mol. The summed E-state index contributed by atoms with van der Waals surface area (Å²) in [5.74, 6) is 1.36. The van der Waals surface area contributed by atoms with Gasteiger partial charge in [-0.25, -0.2) is 4.98 Å². The van der Waals surface area contributed by atoms with Gasteiger partial charge < -0.3 is 19.5 Å². The molecule has 0 saturated heterocycles. The highest BCUT2D eigenvalue weighted by Crippen LogP contribution is 2.18. The van der Waals surface area contributed by atoms with Crippen LogP contribution in [0.4, 0.5) is 5.82 Å². The second-order valence-electron chi connectivity index (χ2n) is 3.96. The molecule has 20 heavy (non-hydrogen) atoms. The maximum absolute atomic E-state index is 5.58. The van der Waals surface area contributed by atoms with Gasteiger partial charge in [0.15, 0.2) is 5.16 Å². The van der Waals surface area contributed by atoms with Gasteiger partial charge in [-0.2, -0.15) is 4.98 Å². The van der Waals surface area contributed by atoms with Crippen LogP contribution in [0.2, 0.25) is 0 Å². The molecule has 1 aromatic rings. The van der Waals surface area contributed by atoms with E-state index in [1.54, 1.807) is 7.11 Å². The molecule has 0 atom stereocenters. The molecule has 6 nitrogen and oxygen atoms in total. The third kappa shape index (κ3) is 6.93. The van der Waals surface area contributed by atoms with Gasteiger partial charge in [0.05, 0.1) is 19.8 Å². The summed E-state index contributed by atoms with van der Waals surface area (Å²) in [5, 5.41) is 3.93. The van der Waals surface area contributed by atoms with Gasteiger partial charge >= 0.3 is 0 Å². The molecule has 0 spiro atoms. The second-order valence-corrected chi connectivity index (χ2v) is 4.73. The highest BCUT2D eigenvalue weighted by Gasteiger charge is 2.04. The molecule has 0 amide bonds. The van der Waals surface area contributed by atoms with E-state index in [-0.39, 0.29) is 0 Å². The van der Waals surface area contributed by atoms with E-state index >= 15 is 0 Å². The van der Waals surface area contributed by atoms with Crippen LogP contribution in [-0.2, 0) is 9.47 Å². The smallest absolute Gasteiger partial charge is 0.219 e. The van der Waals surface area contributed by atoms with Crippen molar-refractivity contribution in [1.29, 1.82) is 0 Å². The Kier molecular flexibility index (Phi) is 9.10. The minimum Gasteiger partial charge on any atom is -0.475 e. The topological polar surface area (TPSA) is 65.5 Å². The van der Waals surface area contributed by atoms with Gasteiger partial charge in [-0.05, 0) is 12.7 Å². The predicted octanol–water partition coefficient (Wildman–Crippen LogP) is 2.06. The molecule has 1 N–H and O–H groups in total.